The van der Waals surface area contributed by atoms with Gasteiger partial charge in [-0.25, -0.2) is 4.79 Å². The Balaban J connectivity index is 5.71. The molecule has 0 heterocycles. The molecule has 0 radical (unpaired) electrons. The van der Waals surface area contributed by atoms with E-state index in [4.69, 9.17) is 15.9 Å². The minimum absolute atomic E-state index is 0.0326. The summed E-state index contributed by atoms with van der Waals surface area (Å²) in [7, 11) is 0. The standard InChI is InChI=1S/C25H45N5O9/c1-7-14(6)20(24(37)28-17(11-31)25(38)39)30-23(36)19(13(4)5)29-22(35)16(10-12(2)3)27-21(34)15(26)8-9-18(32)33/h12-17,19-20,31H,7-11,26H2,1-6H3,(H,27,34)(H,28,37)(H,29,35)(H,30,36)(H,32,33)(H,38,39)/t14?,15-,16-,17-,19-,20-/m0/s1. The summed E-state index contributed by atoms with van der Waals surface area (Å²) >= 11 is 0. The number of amides is 4. The highest BCUT2D eigenvalue weighted by Crippen LogP contribution is 2.12. The van der Waals surface area contributed by atoms with Crippen molar-refractivity contribution < 1.29 is 44.1 Å². The molecule has 0 saturated carbocycles. The summed E-state index contributed by atoms with van der Waals surface area (Å²) in [6.07, 6.45) is 0.234. The SMILES string of the molecule is CCC(C)[C@H](NC(=O)[C@@H](NC(=O)[C@H](CC(C)C)NC(=O)[C@@H](N)CCC(=O)O)C(C)C)C(=O)N[C@@H](CO)C(=O)O. The van der Waals surface area contributed by atoms with Gasteiger partial charge >= 0.3 is 11.9 Å². The van der Waals surface area contributed by atoms with Gasteiger partial charge in [0.15, 0.2) is 0 Å². The van der Waals surface area contributed by atoms with Gasteiger partial charge in [0.05, 0.1) is 12.6 Å². The summed E-state index contributed by atoms with van der Waals surface area (Å²) in [4.78, 5) is 73.7. The van der Waals surface area contributed by atoms with Gasteiger partial charge in [-0.15, -0.1) is 0 Å². The van der Waals surface area contributed by atoms with Crippen LogP contribution in [0.1, 0.15) is 67.2 Å². The zero-order valence-electron chi connectivity index (χ0n) is 23.5. The number of hydrogen-bond donors (Lipinski definition) is 8. The van der Waals surface area contributed by atoms with Gasteiger partial charge in [0.25, 0.3) is 0 Å². The van der Waals surface area contributed by atoms with Crippen LogP contribution in [0, 0.1) is 17.8 Å². The van der Waals surface area contributed by atoms with Crippen molar-refractivity contribution in [2.24, 2.45) is 23.5 Å². The first-order valence-corrected chi connectivity index (χ1v) is 13.1. The van der Waals surface area contributed by atoms with Crippen LogP contribution < -0.4 is 27.0 Å². The first kappa shape index (κ1) is 35.7. The van der Waals surface area contributed by atoms with E-state index >= 15 is 0 Å². The molecule has 0 aliphatic rings. The van der Waals surface area contributed by atoms with Crippen molar-refractivity contribution in [3.8, 4) is 0 Å². The highest BCUT2D eigenvalue weighted by molar-refractivity contribution is 5.95. The number of carboxylic acid groups (broad SMARTS) is 2. The molecule has 0 aromatic carbocycles. The Bertz CT molecular complexity index is 865. The average molecular weight is 560 g/mol. The zero-order valence-corrected chi connectivity index (χ0v) is 23.5. The summed E-state index contributed by atoms with van der Waals surface area (Å²) in [5.41, 5.74) is 5.77. The molecule has 0 aromatic heterocycles. The van der Waals surface area contributed by atoms with E-state index in [0.717, 1.165) is 0 Å². The fourth-order valence-corrected chi connectivity index (χ4v) is 3.57. The van der Waals surface area contributed by atoms with Crippen molar-refractivity contribution in [3.05, 3.63) is 0 Å². The van der Waals surface area contributed by atoms with Crippen molar-refractivity contribution in [2.75, 3.05) is 6.61 Å². The molecule has 0 aliphatic carbocycles. The first-order valence-electron chi connectivity index (χ1n) is 13.1. The number of nitrogens with one attached hydrogen (secondary N) is 4. The van der Waals surface area contributed by atoms with Crippen LogP contribution in [0.2, 0.25) is 0 Å². The van der Waals surface area contributed by atoms with Crippen molar-refractivity contribution in [2.45, 2.75) is 97.4 Å². The lowest BCUT2D eigenvalue weighted by Crippen LogP contribution is -2.61. The number of aliphatic hydroxyl groups is 1. The van der Waals surface area contributed by atoms with Crippen LogP contribution in [0.3, 0.4) is 0 Å². The summed E-state index contributed by atoms with van der Waals surface area (Å²) < 4.78 is 0. The fraction of sp³-hybridized carbons (Fsp3) is 0.760. The predicted octanol–water partition coefficient (Wildman–Crippen LogP) is -1.06. The van der Waals surface area contributed by atoms with Crippen molar-refractivity contribution in [1.82, 2.24) is 21.3 Å². The minimum atomic E-state index is -1.55. The third-order valence-electron chi connectivity index (χ3n) is 6.18. The molecule has 14 heteroatoms. The second-order valence-corrected chi connectivity index (χ2v) is 10.4. The van der Waals surface area contributed by atoms with Crippen LogP contribution in [0.15, 0.2) is 0 Å². The van der Waals surface area contributed by atoms with Gasteiger partial charge in [-0.3, -0.25) is 24.0 Å². The van der Waals surface area contributed by atoms with E-state index in [2.05, 4.69) is 21.3 Å². The summed E-state index contributed by atoms with van der Waals surface area (Å²) in [6, 6.07) is -6.01. The fourth-order valence-electron chi connectivity index (χ4n) is 3.57. The molecule has 9 N–H and O–H groups in total. The number of rotatable bonds is 18. The maximum absolute atomic E-state index is 13.2. The molecule has 224 valence electrons. The molecule has 0 bridgehead atoms. The molecule has 6 atom stereocenters. The second kappa shape index (κ2) is 17.4. The predicted molar refractivity (Wildman–Crippen MR) is 141 cm³/mol. The third-order valence-corrected chi connectivity index (χ3v) is 6.18. The maximum atomic E-state index is 13.2. The Kier molecular flexibility index (Phi) is 15.9. The molecule has 4 amide bonds. The Morgan fingerprint density at radius 3 is 1.69 bits per heavy atom. The largest absolute Gasteiger partial charge is 0.481 e. The number of carboxylic acids is 2. The van der Waals surface area contributed by atoms with E-state index < -0.39 is 84.2 Å². The van der Waals surface area contributed by atoms with Gasteiger partial charge in [-0.1, -0.05) is 48.0 Å². The Morgan fingerprint density at radius 2 is 1.26 bits per heavy atom. The van der Waals surface area contributed by atoms with Crippen LogP contribution in [-0.4, -0.2) is 87.7 Å². The van der Waals surface area contributed by atoms with E-state index in [0.29, 0.717) is 6.42 Å². The number of aliphatic hydroxyl groups excluding tert-OH is 1. The van der Waals surface area contributed by atoms with Crippen LogP contribution in [0.5, 0.6) is 0 Å². The highest BCUT2D eigenvalue weighted by atomic mass is 16.4. The molecule has 14 nitrogen and oxygen atoms in total. The number of carbonyl (C=O) groups is 6. The molecular formula is C25H45N5O9. The van der Waals surface area contributed by atoms with Crippen LogP contribution in [0.25, 0.3) is 0 Å². The van der Waals surface area contributed by atoms with Gasteiger partial charge in [0, 0.05) is 6.42 Å². The average Bonchev–Trinajstić information content (AvgIpc) is 2.85. The number of carbonyl (C=O) groups excluding carboxylic acids is 4. The van der Waals surface area contributed by atoms with E-state index in [1.807, 2.05) is 13.8 Å². The smallest absolute Gasteiger partial charge is 0.328 e. The van der Waals surface area contributed by atoms with E-state index in [-0.39, 0.29) is 25.2 Å². The molecule has 0 fully saturated rings. The van der Waals surface area contributed by atoms with Gasteiger partial charge in [0.2, 0.25) is 23.6 Å². The number of nitrogens with two attached hydrogens (primary N) is 1. The molecular weight excluding hydrogens is 514 g/mol. The third kappa shape index (κ3) is 12.9. The molecule has 0 spiro atoms. The van der Waals surface area contributed by atoms with E-state index in [9.17, 15) is 33.9 Å². The number of aliphatic carboxylic acids is 2. The normalized spacial score (nSPS) is 15.8. The van der Waals surface area contributed by atoms with E-state index in [1.54, 1.807) is 27.7 Å². The lowest BCUT2D eigenvalue weighted by Gasteiger charge is -2.30. The molecule has 39 heavy (non-hydrogen) atoms. The minimum Gasteiger partial charge on any atom is -0.481 e. The molecule has 0 rings (SSSR count). The molecule has 0 aliphatic heterocycles. The van der Waals surface area contributed by atoms with Gasteiger partial charge in [-0.05, 0) is 30.6 Å². The number of hydrogen-bond acceptors (Lipinski definition) is 8. The van der Waals surface area contributed by atoms with Gasteiger partial charge in [-0.2, -0.15) is 0 Å². The molecule has 0 aromatic rings. The summed E-state index contributed by atoms with van der Waals surface area (Å²) in [5, 5.41) is 37.1. The quantitative estimate of drug-likeness (QED) is 0.101. The Hall–Kier alpha value is -3.26. The zero-order chi connectivity index (χ0) is 30.4. The van der Waals surface area contributed by atoms with E-state index in [1.165, 1.54) is 0 Å². The molecule has 1 unspecified atom stereocenters. The monoisotopic (exact) mass is 559 g/mol. The highest BCUT2D eigenvalue weighted by Gasteiger charge is 2.34. The lowest BCUT2D eigenvalue weighted by molar-refractivity contribution is -0.143. The van der Waals surface area contributed by atoms with Crippen molar-refractivity contribution in [1.29, 1.82) is 0 Å². The molecule has 0 saturated heterocycles. The van der Waals surface area contributed by atoms with Crippen LogP contribution >= 0.6 is 0 Å². The summed E-state index contributed by atoms with van der Waals surface area (Å²) in [6.45, 7) is 9.63. The first-order chi connectivity index (χ1) is 18.0. The van der Waals surface area contributed by atoms with Crippen molar-refractivity contribution in [3.63, 3.8) is 0 Å². The van der Waals surface area contributed by atoms with Crippen molar-refractivity contribution >= 4 is 35.6 Å². The van der Waals surface area contributed by atoms with Gasteiger partial charge < -0.3 is 42.3 Å². The topological polar surface area (TPSA) is 237 Å². The van der Waals surface area contributed by atoms with Gasteiger partial charge in [0.1, 0.15) is 24.2 Å². The second-order valence-electron chi connectivity index (χ2n) is 10.4. The Labute approximate surface area is 228 Å². The maximum Gasteiger partial charge on any atom is 0.328 e. The lowest BCUT2D eigenvalue weighted by atomic mass is 9.95. The summed E-state index contributed by atoms with van der Waals surface area (Å²) in [5.74, 6) is -6.28. The van der Waals surface area contributed by atoms with Crippen LogP contribution in [-0.2, 0) is 28.8 Å². The van der Waals surface area contributed by atoms with Crippen LogP contribution in [0.4, 0.5) is 0 Å². The Morgan fingerprint density at radius 1 is 0.744 bits per heavy atom.